The summed E-state index contributed by atoms with van der Waals surface area (Å²) < 4.78 is 37.5. The molecule has 0 atom stereocenters. The van der Waals surface area contributed by atoms with Crippen LogP contribution in [0.4, 0.5) is 13.2 Å². The highest BCUT2D eigenvalue weighted by Crippen LogP contribution is 2.21. The van der Waals surface area contributed by atoms with E-state index >= 15 is 0 Å². The average molecular weight is 219 g/mol. The van der Waals surface area contributed by atoms with Gasteiger partial charge in [0.15, 0.2) is 0 Å². The Bertz CT molecular complexity index is 370. The SMILES string of the molecule is Cc1cc(C(F)F)nc(F)c1CC(=O)O. The molecular weight excluding hydrogens is 211 g/mol. The number of carboxylic acids is 1. The molecule has 0 aliphatic rings. The molecule has 15 heavy (non-hydrogen) atoms. The maximum atomic E-state index is 13.1. The molecule has 0 amide bonds. The number of pyridine rings is 1. The van der Waals surface area contributed by atoms with E-state index in [1.807, 2.05) is 0 Å². The number of hydrogen-bond acceptors (Lipinski definition) is 2. The minimum absolute atomic E-state index is 0.160. The molecule has 1 aromatic heterocycles. The Morgan fingerprint density at radius 2 is 2.20 bits per heavy atom. The Morgan fingerprint density at radius 3 is 2.60 bits per heavy atom. The van der Waals surface area contributed by atoms with Gasteiger partial charge in [-0.25, -0.2) is 13.8 Å². The van der Waals surface area contributed by atoms with Gasteiger partial charge in [0.2, 0.25) is 5.95 Å². The second kappa shape index (κ2) is 4.29. The van der Waals surface area contributed by atoms with Crippen LogP contribution in [0.1, 0.15) is 23.2 Å². The van der Waals surface area contributed by atoms with E-state index in [2.05, 4.69) is 4.98 Å². The zero-order chi connectivity index (χ0) is 11.6. The number of rotatable bonds is 3. The van der Waals surface area contributed by atoms with Crippen molar-refractivity contribution in [2.24, 2.45) is 0 Å². The van der Waals surface area contributed by atoms with Crippen LogP contribution < -0.4 is 0 Å². The number of aliphatic carboxylic acids is 1. The van der Waals surface area contributed by atoms with Gasteiger partial charge < -0.3 is 5.11 Å². The quantitative estimate of drug-likeness (QED) is 0.792. The standard InChI is InChI=1S/C9H8F3NO2/c1-4-2-6(8(10)11)13-9(12)5(4)3-7(14)15/h2,8H,3H2,1H3,(H,14,15). The molecule has 3 nitrogen and oxygen atoms in total. The third-order valence-corrected chi connectivity index (χ3v) is 1.87. The number of aryl methyl sites for hydroxylation is 1. The molecule has 0 spiro atoms. The van der Waals surface area contributed by atoms with Gasteiger partial charge in [-0.05, 0) is 18.6 Å². The molecule has 0 aliphatic carbocycles. The van der Waals surface area contributed by atoms with Crippen molar-refractivity contribution < 1.29 is 23.1 Å². The lowest BCUT2D eigenvalue weighted by Crippen LogP contribution is -2.08. The maximum Gasteiger partial charge on any atom is 0.307 e. The van der Waals surface area contributed by atoms with Crippen LogP contribution in [0.5, 0.6) is 0 Å². The number of carbonyl (C=O) groups is 1. The lowest BCUT2D eigenvalue weighted by molar-refractivity contribution is -0.136. The summed E-state index contributed by atoms with van der Waals surface area (Å²) in [7, 11) is 0. The molecule has 0 saturated carbocycles. The minimum Gasteiger partial charge on any atom is -0.481 e. The first-order chi connectivity index (χ1) is 6.91. The summed E-state index contributed by atoms with van der Waals surface area (Å²) in [6.45, 7) is 1.37. The molecule has 0 unspecified atom stereocenters. The highest BCUT2D eigenvalue weighted by Gasteiger charge is 2.17. The number of alkyl halides is 2. The largest absolute Gasteiger partial charge is 0.481 e. The van der Waals surface area contributed by atoms with E-state index in [1.54, 1.807) is 0 Å². The summed E-state index contributed by atoms with van der Waals surface area (Å²) >= 11 is 0. The monoisotopic (exact) mass is 219 g/mol. The molecule has 1 aromatic rings. The molecule has 6 heteroatoms. The van der Waals surface area contributed by atoms with Gasteiger partial charge in [0.1, 0.15) is 5.69 Å². The highest BCUT2D eigenvalue weighted by atomic mass is 19.3. The molecular formula is C9H8F3NO2. The summed E-state index contributed by atoms with van der Waals surface area (Å²) in [5.74, 6) is -2.38. The number of aromatic nitrogens is 1. The maximum absolute atomic E-state index is 13.1. The van der Waals surface area contributed by atoms with Gasteiger partial charge in [0, 0.05) is 5.56 Å². The van der Waals surface area contributed by atoms with E-state index in [9.17, 15) is 18.0 Å². The Kier molecular flexibility index (Phi) is 3.28. The first-order valence-corrected chi connectivity index (χ1v) is 4.07. The third-order valence-electron chi connectivity index (χ3n) is 1.87. The van der Waals surface area contributed by atoms with Crippen LogP contribution in [-0.4, -0.2) is 16.1 Å². The van der Waals surface area contributed by atoms with Crippen molar-refractivity contribution in [2.45, 2.75) is 19.8 Å². The molecule has 0 saturated heterocycles. The molecule has 82 valence electrons. The zero-order valence-corrected chi connectivity index (χ0v) is 7.80. The Hall–Kier alpha value is -1.59. The van der Waals surface area contributed by atoms with E-state index in [1.165, 1.54) is 6.92 Å². The predicted octanol–water partition coefficient (Wildman–Crippen LogP) is 2.09. The average Bonchev–Trinajstić information content (AvgIpc) is 2.10. The van der Waals surface area contributed by atoms with E-state index in [0.717, 1.165) is 6.07 Å². The van der Waals surface area contributed by atoms with Crippen molar-refractivity contribution >= 4 is 5.97 Å². The fraction of sp³-hybridized carbons (Fsp3) is 0.333. The molecule has 1 heterocycles. The molecule has 1 N–H and O–H groups in total. The summed E-state index contributed by atoms with van der Waals surface area (Å²) in [4.78, 5) is 13.4. The van der Waals surface area contributed by atoms with Crippen molar-refractivity contribution in [3.8, 4) is 0 Å². The van der Waals surface area contributed by atoms with Crippen LogP contribution in [0.15, 0.2) is 6.07 Å². The van der Waals surface area contributed by atoms with Crippen molar-refractivity contribution in [3.63, 3.8) is 0 Å². The van der Waals surface area contributed by atoms with Crippen molar-refractivity contribution in [2.75, 3.05) is 0 Å². The van der Waals surface area contributed by atoms with Crippen LogP contribution in [0.2, 0.25) is 0 Å². The van der Waals surface area contributed by atoms with Gasteiger partial charge in [-0.2, -0.15) is 4.39 Å². The fourth-order valence-electron chi connectivity index (χ4n) is 1.16. The smallest absolute Gasteiger partial charge is 0.307 e. The molecule has 0 aromatic carbocycles. The zero-order valence-electron chi connectivity index (χ0n) is 7.80. The van der Waals surface area contributed by atoms with Crippen molar-refractivity contribution in [3.05, 3.63) is 28.8 Å². The summed E-state index contributed by atoms with van der Waals surface area (Å²) in [6.07, 6.45) is -3.43. The summed E-state index contributed by atoms with van der Waals surface area (Å²) in [6, 6.07) is 0.992. The predicted molar refractivity (Wildman–Crippen MR) is 45.2 cm³/mol. The Labute approximate surface area is 83.6 Å². The van der Waals surface area contributed by atoms with Crippen LogP contribution >= 0.6 is 0 Å². The number of hydrogen-bond donors (Lipinski definition) is 1. The molecule has 0 bridgehead atoms. The second-order valence-corrected chi connectivity index (χ2v) is 3.00. The topological polar surface area (TPSA) is 50.2 Å². The van der Waals surface area contributed by atoms with E-state index < -0.39 is 30.5 Å². The fourth-order valence-corrected chi connectivity index (χ4v) is 1.16. The van der Waals surface area contributed by atoms with Crippen LogP contribution in [0, 0.1) is 12.9 Å². The second-order valence-electron chi connectivity index (χ2n) is 3.00. The van der Waals surface area contributed by atoms with Gasteiger partial charge in [-0.1, -0.05) is 0 Å². The highest BCUT2D eigenvalue weighted by molar-refractivity contribution is 5.70. The first-order valence-electron chi connectivity index (χ1n) is 4.07. The first kappa shape index (κ1) is 11.5. The van der Waals surface area contributed by atoms with Gasteiger partial charge >= 0.3 is 5.97 Å². The van der Waals surface area contributed by atoms with Crippen LogP contribution in [-0.2, 0) is 11.2 Å². The van der Waals surface area contributed by atoms with Gasteiger partial charge in [0.05, 0.1) is 6.42 Å². The van der Waals surface area contributed by atoms with Crippen molar-refractivity contribution in [1.29, 1.82) is 0 Å². The molecule has 0 aliphatic heterocycles. The van der Waals surface area contributed by atoms with Gasteiger partial charge in [0.25, 0.3) is 6.43 Å². The number of nitrogens with zero attached hydrogens (tertiary/aromatic N) is 1. The van der Waals surface area contributed by atoms with E-state index in [0.29, 0.717) is 0 Å². The van der Waals surface area contributed by atoms with Gasteiger partial charge in [-0.3, -0.25) is 4.79 Å². The van der Waals surface area contributed by atoms with E-state index in [4.69, 9.17) is 5.11 Å². The van der Waals surface area contributed by atoms with E-state index in [-0.39, 0.29) is 11.1 Å². The van der Waals surface area contributed by atoms with Gasteiger partial charge in [-0.15, -0.1) is 0 Å². The Morgan fingerprint density at radius 1 is 1.60 bits per heavy atom. The number of carboxylic acid groups (broad SMARTS) is 1. The lowest BCUT2D eigenvalue weighted by atomic mass is 10.1. The number of halogens is 3. The third kappa shape index (κ3) is 2.68. The molecule has 0 fully saturated rings. The van der Waals surface area contributed by atoms with Crippen LogP contribution in [0.25, 0.3) is 0 Å². The summed E-state index contributed by atoms with van der Waals surface area (Å²) in [5.41, 5.74) is -0.675. The normalized spacial score (nSPS) is 10.7. The summed E-state index contributed by atoms with van der Waals surface area (Å²) in [5, 5.41) is 8.45. The van der Waals surface area contributed by atoms with Crippen molar-refractivity contribution in [1.82, 2.24) is 4.98 Å². The minimum atomic E-state index is -2.86. The Balaban J connectivity index is 3.15. The van der Waals surface area contributed by atoms with Crippen LogP contribution in [0.3, 0.4) is 0 Å². The molecule has 1 rings (SSSR count). The lowest BCUT2D eigenvalue weighted by Gasteiger charge is -2.06. The molecule has 0 radical (unpaired) electrons.